The minimum Gasteiger partial charge on any atom is -0.378 e. The molecule has 23 heavy (non-hydrogen) atoms. The number of amides is 1. The van der Waals surface area contributed by atoms with Crippen LogP contribution in [0.5, 0.6) is 0 Å². The summed E-state index contributed by atoms with van der Waals surface area (Å²) in [5.41, 5.74) is 1.72. The molecule has 0 aliphatic heterocycles. The number of rotatable bonds is 4. The number of aryl methyl sites for hydroxylation is 1. The predicted molar refractivity (Wildman–Crippen MR) is 92.4 cm³/mol. The summed E-state index contributed by atoms with van der Waals surface area (Å²) in [6, 6.07) is 1.80. The Morgan fingerprint density at radius 3 is 3.00 bits per heavy atom. The van der Waals surface area contributed by atoms with E-state index in [-0.39, 0.29) is 18.0 Å². The lowest BCUT2D eigenvalue weighted by molar-refractivity contribution is 0.0782. The maximum Gasteiger partial charge on any atom is 0.268 e. The van der Waals surface area contributed by atoms with Crippen molar-refractivity contribution in [2.75, 3.05) is 19.4 Å². The van der Waals surface area contributed by atoms with Crippen LogP contribution in [0.15, 0.2) is 16.2 Å². The molecule has 0 aromatic carbocycles. The quantitative estimate of drug-likeness (QED) is 0.752. The van der Waals surface area contributed by atoms with Crippen molar-refractivity contribution in [2.45, 2.75) is 13.5 Å². The van der Waals surface area contributed by atoms with Gasteiger partial charge < -0.3 is 15.2 Å². The summed E-state index contributed by atoms with van der Waals surface area (Å²) >= 11 is 2.60. The van der Waals surface area contributed by atoms with Gasteiger partial charge in [-0.05, 0) is 29.9 Å². The number of nitrogens with one attached hydrogen (secondary N) is 2. The van der Waals surface area contributed by atoms with Gasteiger partial charge in [-0.25, -0.2) is 4.98 Å². The first kappa shape index (κ1) is 15.6. The van der Waals surface area contributed by atoms with Crippen LogP contribution in [0.4, 0.5) is 5.00 Å². The van der Waals surface area contributed by atoms with Crippen molar-refractivity contribution in [3.8, 4) is 0 Å². The number of anilines is 1. The second-order valence-electron chi connectivity index (χ2n) is 5.03. The Morgan fingerprint density at radius 2 is 2.26 bits per heavy atom. The van der Waals surface area contributed by atoms with Gasteiger partial charge >= 0.3 is 0 Å². The zero-order valence-corrected chi connectivity index (χ0v) is 14.5. The van der Waals surface area contributed by atoms with Crippen LogP contribution < -0.4 is 10.9 Å². The third-order valence-electron chi connectivity index (χ3n) is 3.40. The van der Waals surface area contributed by atoms with E-state index in [9.17, 15) is 9.59 Å². The van der Waals surface area contributed by atoms with Gasteiger partial charge in [0.05, 0.1) is 23.3 Å². The maximum atomic E-state index is 12.6. The summed E-state index contributed by atoms with van der Waals surface area (Å²) < 4.78 is 4.80. The molecule has 120 valence electrons. The molecule has 0 saturated heterocycles. The monoisotopic (exact) mass is 349 g/mol. The highest BCUT2D eigenvalue weighted by Crippen LogP contribution is 2.25. The van der Waals surface area contributed by atoms with Crippen molar-refractivity contribution in [1.29, 1.82) is 0 Å². The zero-order chi connectivity index (χ0) is 16.6. The molecule has 0 atom stereocenters. The second-order valence-corrected chi connectivity index (χ2v) is 6.72. The molecule has 0 saturated carbocycles. The summed E-state index contributed by atoms with van der Waals surface area (Å²) in [7, 11) is 3.43. The number of hydrogen-bond acceptors (Lipinski definition) is 7. The van der Waals surface area contributed by atoms with Gasteiger partial charge in [-0.1, -0.05) is 0 Å². The molecule has 3 aromatic heterocycles. The van der Waals surface area contributed by atoms with E-state index in [0.717, 1.165) is 5.00 Å². The molecular formula is C14H15N5O2S2. The van der Waals surface area contributed by atoms with Gasteiger partial charge in [-0.15, -0.1) is 11.3 Å². The Balaban J connectivity index is 1.87. The molecule has 0 aliphatic carbocycles. The second kappa shape index (κ2) is 6.09. The van der Waals surface area contributed by atoms with Crippen molar-refractivity contribution in [3.05, 3.63) is 38.9 Å². The SMILES string of the molecule is CNc1snc(C)c1C(=O)N(C)Cc1nc2ccsc2c(=O)[nH]1. The van der Waals surface area contributed by atoms with Gasteiger partial charge in [-0.2, -0.15) is 4.37 Å². The van der Waals surface area contributed by atoms with Crippen molar-refractivity contribution in [2.24, 2.45) is 0 Å². The molecule has 0 unspecified atom stereocenters. The normalized spacial score (nSPS) is 10.9. The van der Waals surface area contributed by atoms with Crippen LogP contribution in [0.25, 0.3) is 10.2 Å². The third-order valence-corrected chi connectivity index (χ3v) is 5.26. The minimum atomic E-state index is -0.176. The number of carbonyl (C=O) groups is 1. The van der Waals surface area contributed by atoms with Crippen LogP contribution in [0.1, 0.15) is 21.9 Å². The maximum absolute atomic E-state index is 12.6. The number of fused-ring (bicyclic) bond motifs is 1. The highest BCUT2D eigenvalue weighted by molar-refractivity contribution is 7.17. The van der Waals surface area contributed by atoms with Gasteiger partial charge in [0.25, 0.3) is 11.5 Å². The van der Waals surface area contributed by atoms with Crippen molar-refractivity contribution >= 4 is 44.0 Å². The number of hydrogen-bond donors (Lipinski definition) is 2. The fourth-order valence-electron chi connectivity index (χ4n) is 2.28. The number of thiophene rings is 1. The van der Waals surface area contributed by atoms with E-state index in [1.165, 1.54) is 27.8 Å². The lowest BCUT2D eigenvalue weighted by Crippen LogP contribution is -2.29. The Hall–Kier alpha value is -2.26. The van der Waals surface area contributed by atoms with Crippen LogP contribution in [0.2, 0.25) is 0 Å². The van der Waals surface area contributed by atoms with E-state index in [4.69, 9.17) is 0 Å². The van der Waals surface area contributed by atoms with E-state index >= 15 is 0 Å². The van der Waals surface area contributed by atoms with Gasteiger partial charge in [0.1, 0.15) is 15.5 Å². The first-order chi connectivity index (χ1) is 11.0. The molecule has 3 rings (SSSR count). The first-order valence-electron chi connectivity index (χ1n) is 6.87. The van der Waals surface area contributed by atoms with Gasteiger partial charge in [0.2, 0.25) is 0 Å². The Bertz CT molecular complexity index is 927. The smallest absolute Gasteiger partial charge is 0.268 e. The number of aromatic nitrogens is 3. The van der Waals surface area contributed by atoms with E-state index in [1.807, 2.05) is 5.38 Å². The van der Waals surface area contributed by atoms with Crippen LogP contribution in [0, 0.1) is 6.92 Å². The molecule has 3 heterocycles. The number of carbonyl (C=O) groups excluding carboxylic acids is 1. The highest BCUT2D eigenvalue weighted by Gasteiger charge is 2.22. The molecule has 0 spiro atoms. The van der Waals surface area contributed by atoms with E-state index in [2.05, 4.69) is 19.7 Å². The number of H-pyrrole nitrogens is 1. The van der Waals surface area contributed by atoms with Crippen LogP contribution in [0.3, 0.4) is 0 Å². The summed E-state index contributed by atoms with van der Waals surface area (Å²) in [5, 5.41) is 5.54. The fraction of sp³-hybridized carbons (Fsp3) is 0.286. The van der Waals surface area contributed by atoms with E-state index in [1.54, 1.807) is 27.1 Å². The number of nitrogens with zero attached hydrogens (tertiary/aromatic N) is 3. The minimum absolute atomic E-state index is 0.159. The third kappa shape index (κ3) is 2.84. The van der Waals surface area contributed by atoms with Crippen LogP contribution in [-0.4, -0.2) is 39.2 Å². The molecule has 9 heteroatoms. The molecule has 3 aromatic rings. The Morgan fingerprint density at radius 1 is 1.48 bits per heavy atom. The molecule has 0 fully saturated rings. The summed E-state index contributed by atoms with van der Waals surface area (Å²) in [6.07, 6.45) is 0. The Kier molecular flexibility index (Phi) is 4.14. The van der Waals surface area contributed by atoms with E-state index in [0.29, 0.717) is 27.3 Å². The van der Waals surface area contributed by atoms with Gasteiger partial charge in [0, 0.05) is 14.1 Å². The largest absolute Gasteiger partial charge is 0.378 e. The molecule has 1 amide bonds. The highest BCUT2D eigenvalue weighted by atomic mass is 32.1. The standard InChI is InChI=1S/C14H15N5O2S2/c1-7-10(13(15-2)23-18-7)14(21)19(3)6-9-16-8-4-5-22-11(8)12(20)17-9/h4-5,15H,6H2,1-3H3,(H,16,17,20). The average Bonchev–Trinajstić information content (AvgIpc) is 3.12. The van der Waals surface area contributed by atoms with Crippen molar-refractivity contribution in [3.63, 3.8) is 0 Å². The van der Waals surface area contributed by atoms with E-state index < -0.39 is 0 Å². The zero-order valence-electron chi connectivity index (χ0n) is 12.8. The Labute approximate surface area is 140 Å². The molecule has 0 radical (unpaired) electrons. The predicted octanol–water partition coefficient (Wildman–Crippen LogP) is 2.06. The molecule has 0 bridgehead atoms. The first-order valence-corrected chi connectivity index (χ1v) is 8.52. The summed E-state index contributed by atoms with van der Waals surface area (Å²) in [4.78, 5) is 33.3. The lowest BCUT2D eigenvalue weighted by atomic mass is 10.2. The summed E-state index contributed by atoms with van der Waals surface area (Å²) in [6.45, 7) is 2.02. The molecule has 7 nitrogen and oxygen atoms in total. The van der Waals surface area contributed by atoms with Crippen LogP contribution in [-0.2, 0) is 6.54 Å². The van der Waals surface area contributed by atoms with Gasteiger partial charge in [-0.3, -0.25) is 9.59 Å². The van der Waals surface area contributed by atoms with Crippen molar-refractivity contribution < 1.29 is 4.79 Å². The topological polar surface area (TPSA) is 91.0 Å². The fourth-order valence-corrected chi connectivity index (χ4v) is 3.74. The molecule has 2 N–H and O–H groups in total. The summed E-state index contributed by atoms with van der Waals surface area (Å²) in [5.74, 6) is 0.303. The van der Waals surface area contributed by atoms with Crippen LogP contribution >= 0.6 is 22.9 Å². The lowest BCUT2D eigenvalue weighted by Gasteiger charge is -2.17. The van der Waals surface area contributed by atoms with Crippen molar-refractivity contribution in [1.82, 2.24) is 19.2 Å². The van der Waals surface area contributed by atoms with Gasteiger partial charge in [0.15, 0.2) is 0 Å². The average molecular weight is 349 g/mol. The number of aromatic amines is 1. The molecule has 0 aliphatic rings. The molecular weight excluding hydrogens is 334 g/mol.